The van der Waals surface area contributed by atoms with Crippen molar-refractivity contribution in [2.24, 2.45) is 0 Å². The topological polar surface area (TPSA) is 124 Å². The molecule has 1 aliphatic rings. The van der Waals surface area contributed by atoms with E-state index in [0.717, 1.165) is 25.0 Å². The van der Waals surface area contributed by atoms with Crippen molar-refractivity contribution < 1.29 is 18.7 Å². The second-order valence-electron chi connectivity index (χ2n) is 7.81. The summed E-state index contributed by atoms with van der Waals surface area (Å²) in [5, 5.41) is 7.32. The third kappa shape index (κ3) is 4.29. The summed E-state index contributed by atoms with van der Waals surface area (Å²) in [4.78, 5) is 32.8. The largest absolute Gasteiger partial charge is 0.493 e. The number of hydrogen-bond acceptors (Lipinski definition) is 7. The highest BCUT2D eigenvalue weighted by Crippen LogP contribution is 2.27. The third-order valence-electron chi connectivity index (χ3n) is 5.56. The average Bonchev–Trinajstić information content (AvgIpc) is 3.53. The minimum absolute atomic E-state index is 0.188. The summed E-state index contributed by atoms with van der Waals surface area (Å²) in [6.07, 6.45) is 4.91. The molecule has 0 saturated carbocycles. The number of hydrogen-bond donors (Lipinski definition) is 2. The first-order chi connectivity index (χ1) is 16.6. The first kappa shape index (κ1) is 21.5. The van der Waals surface area contributed by atoms with E-state index >= 15 is 0 Å². The van der Waals surface area contributed by atoms with Gasteiger partial charge in [-0.15, -0.1) is 0 Å². The maximum atomic E-state index is 12.7. The van der Waals surface area contributed by atoms with Gasteiger partial charge in [0.05, 0.1) is 19.1 Å². The Morgan fingerprint density at radius 1 is 1.18 bits per heavy atom. The van der Waals surface area contributed by atoms with E-state index in [1.54, 1.807) is 36.4 Å². The number of amides is 1. The lowest BCUT2D eigenvalue weighted by Gasteiger charge is -2.15. The predicted octanol–water partition coefficient (Wildman–Crippen LogP) is 3.12. The summed E-state index contributed by atoms with van der Waals surface area (Å²) in [5.74, 6) is 1.61. The first-order valence-electron chi connectivity index (χ1n) is 10.9. The Labute approximate surface area is 194 Å². The Morgan fingerprint density at radius 2 is 2.00 bits per heavy atom. The van der Waals surface area contributed by atoms with Crippen molar-refractivity contribution in [3.05, 3.63) is 70.3 Å². The number of anilines is 1. The summed E-state index contributed by atoms with van der Waals surface area (Å²) in [6, 6.07) is 12.2. The summed E-state index contributed by atoms with van der Waals surface area (Å²) >= 11 is 0. The van der Waals surface area contributed by atoms with Gasteiger partial charge in [-0.25, -0.2) is 4.98 Å². The van der Waals surface area contributed by atoms with Crippen molar-refractivity contribution in [3.8, 4) is 28.9 Å². The van der Waals surface area contributed by atoms with E-state index in [2.05, 4.69) is 20.4 Å². The second-order valence-corrected chi connectivity index (χ2v) is 7.81. The molecular weight excluding hydrogens is 438 g/mol. The summed E-state index contributed by atoms with van der Waals surface area (Å²) in [5.41, 5.74) is 1.76. The number of carbonyl (C=O) groups excluding carboxylic acids is 1. The average molecular weight is 461 g/mol. The van der Waals surface area contributed by atoms with Gasteiger partial charge in [0.15, 0.2) is 23.9 Å². The smallest absolute Gasteiger partial charge is 0.263 e. The zero-order valence-corrected chi connectivity index (χ0v) is 18.5. The number of aromatic amines is 1. The van der Waals surface area contributed by atoms with Crippen LogP contribution in [0.15, 0.2) is 57.9 Å². The van der Waals surface area contributed by atoms with E-state index in [4.69, 9.17) is 13.9 Å². The van der Waals surface area contributed by atoms with Gasteiger partial charge in [-0.2, -0.15) is 9.78 Å². The van der Waals surface area contributed by atoms with Crippen LogP contribution in [0.25, 0.3) is 17.4 Å². The minimum Gasteiger partial charge on any atom is -0.493 e. The number of nitrogens with one attached hydrogen (secondary N) is 2. The van der Waals surface area contributed by atoms with Gasteiger partial charge < -0.3 is 19.2 Å². The van der Waals surface area contributed by atoms with Crippen LogP contribution in [0.2, 0.25) is 0 Å². The number of methoxy groups -OCH3 is 1. The van der Waals surface area contributed by atoms with E-state index in [1.165, 1.54) is 18.1 Å². The molecule has 0 spiro atoms. The third-order valence-corrected chi connectivity index (χ3v) is 5.56. The van der Waals surface area contributed by atoms with Gasteiger partial charge in [-0.1, -0.05) is 12.1 Å². The van der Waals surface area contributed by atoms with Crippen LogP contribution in [0.5, 0.6) is 11.5 Å². The minimum atomic E-state index is -0.418. The molecule has 1 aliphatic carbocycles. The second kappa shape index (κ2) is 9.26. The Balaban J connectivity index is 1.44. The van der Waals surface area contributed by atoms with Crippen molar-refractivity contribution in [1.29, 1.82) is 0 Å². The highest BCUT2D eigenvalue weighted by molar-refractivity contribution is 5.91. The van der Waals surface area contributed by atoms with Gasteiger partial charge in [0.2, 0.25) is 5.95 Å². The number of furan rings is 1. The number of aromatic nitrogens is 4. The van der Waals surface area contributed by atoms with Crippen molar-refractivity contribution in [3.63, 3.8) is 0 Å². The molecule has 10 nitrogen and oxygen atoms in total. The van der Waals surface area contributed by atoms with E-state index in [0.29, 0.717) is 40.8 Å². The number of carbonyl (C=O) groups is 1. The summed E-state index contributed by atoms with van der Waals surface area (Å²) in [7, 11) is 1.53. The molecule has 0 radical (unpaired) electrons. The van der Waals surface area contributed by atoms with E-state index in [1.807, 2.05) is 6.07 Å². The van der Waals surface area contributed by atoms with Gasteiger partial charge in [0, 0.05) is 11.6 Å². The zero-order valence-electron chi connectivity index (χ0n) is 18.5. The molecule has 0 unspecified atom stereocenters. The fourth-order valence-electron chi connectivity index (χ4n) is 3.93. The van der Waals surface area contributed by atoms with Gasteiger partial charge in [-0.05, 0) is 49.9 Å². The number of fused-ring (bicyclic) bond motifs is 1. The number of para-hydroxylation sites is 2. The van der Waals surface area contributed by atoms with E-state index in [-0.39, 0.29) is 18.1 Å². The van der Waals surface area contributed by atoms with Crippen LogP contribution in [0.3, 0.4) is 0 Å². The monoisotopic (exact) mass is 461 g/mol. The quantitative estimate of drug-likeness (QED) is 0.433. The Morgan fingerprint density at radius 3 is 2.79 bits per heavy atom. The highest BCUT2D eigenvalue weighted by Gasteiger charge is 2.21. The van der Waals surface area contributed by atoms with Gasteiger partial charge in [0.1, 0.15) is 11.5 Å². The molecule has 3 aromatic heterocycles. The normalized spacial score (nSPS) is 12.7. The van der Waals surface area contributed by atoms with Crippen LogP contribution in [-0.2, 0) is 17.6 Å². The van der Waals surface area contributed by atoms with Crippen LogP contribution in [0, 0.1) is 0 Å². The number of rotatable bonds is 7. The molecule has 0 saturated heterocycles. The zero-order chi connectivity index (χ0) is 23.5. The maximum Gasteiger partial charge on any atom is 0.263 e. The molecular formula is C24H23N5O5. The molecule has 0 bridgehead atoms. The fraction of sp³-hybridized carbons (Fsp3) is 0.250. The number of benzene rings is 1. The predicted molar refractivity (Wildman–Crippen MR) is 123 cm³/mol. The highest BCUT2D eigenvalue weighted by atomic mass is 16.5. The lowest BCUT2D eigenvalue weighted by Crippen LogP contribution is -2.26. The van der Waals surface area contributed by atoms with Crippen molar-refractivity contribution in [1.82, 2.24) is 19.7 Å². The van der Waals surface area contributed by atoms with Crippen LogP contribution < -0.4 is 20.3 Å². The van der Waals surface area contributed by atoms with Crippen LogP contribution in [0.1, 0.15) is 24.1 Å². The number of aryl methyl sites for hydroxylation is 1. The van der Waals surface area contributed by atoms with Crippen molar-refractivity contribution in [2.45, 2.75) is 25.7 Å². The van der Waals surface area contributed by atoms with Gasteiger partial charge >= 0.3 is 0 Å². The van der Waals surface area contributed by atoms with Crippen LogP contribution in [-0.4, -0.2) is 39.4 Å². The molecule has 5 rings (SSSR count). The molecule has 0 atom stereocenters. The summed E-state index contributed by atoms with van der Waals surface area (Å²) < 4.78 is 17.7. The molecule has 4 aromatic rings. The Hall–Kier alpha value is -4.34. The lowest BCUT2D eigenvalue weighted by molar-refractivity contribution is -0.118. The van der Waals surface area contributed by atoms with Crippen molar-refractivity contribution in [2.75, 3.05) is 19.0 Å². The molecule has 174 valence electrons. The molecule has 1 amide bonds. The lowest BCUT2D eigenvalue weighted by atomic mass is 9.97. The van der Waals surface area contributed by atoms with Crippen molar-refractivity contribution >= 4 is 11.7 Å². The SMILES string of the molecule is COc1ccccc1OCC(=O)Nc1cc(-c2ccco2)nn1-c1nc2c(c(=O)[nH]1)CCCC2. The number of ether oxygens (including phenoxy) is 2. The molecule has 10 heteroatoms. The Kier molecular flexibility index (Phi) is 5.86. The molecule has 0 fully saturated rings. The fourth-order valence-corrected chi connectivity index (χ4v) is 3.93. The maximum absolute atomic E-state index is 12.7. The number of H-pyrrole nitrogens is 1. The standard InChI is InChI=1S/C24H23N5O5/c1-32-19-9-4-5-10-20(19)34-14-22(30)26-21-13-17(18-11-6-12-33-18)28-29(21)24-25-16-8-3-2-7-15(16)23(31)27-24/h4-6,9-13H,2-3,7-8,14H2,1H3,(H,26,30)(H,25,27,31). The molecule has 0 aliphatic heterocycles. The molecule has 2 N–H and O–H groups in total. The molecule has 34 heavy (non-hydrogen) atoms. The van der Waals surface area contributed by atoms with Gasteiger partial charge in [0.25, 0.3) is 11.5 Å². The molecule has 1 aromatic carbocycles. The van der Waals surface area contributed by atoms with E-state index in [9.17, 15) is 9.59 Å². The van der Waals surface area contributed by atoms with Crippen LogP contribution >= 0.6 is 0 Å². The van der Waals surface area contributed by atoms with Crippen LogP contribution in [0.4, 0.5) is 5.82 Å². The van der Waals surface area contributed by atoms with E-state index < -0.39 is 5.91 Å². The van der Waals surface area contributed by atoms with Gasteiger partial charge in [-0.3, -0.25) is 14.6 Å². The molecule has 3 heterocycles. The summed E-state index contributed by atoms with van der Waals surface area (Å²) in [6.45, 7) is -0.254. The first-order valence-corrected chi connectivity index (χ1v) is 10.9. The number of nitrogens with zero attached hydrogens (tertiary/aromatic N) is 3. The Bertz CT molecular complexity index is 1370.